The molecule has 1 unspecified atom stereocenters. The topological polar surface area (TPSA) is 79.7 Å². The van der Waals surface area contributed by atoms with Crippen molar-refractivity contribution in [1.82, 2.24) is 4.98 Å². The number of benzene rings is 2. The molecule has 1 saturated heterocycles. The van der Waals surface area contributed by atoms with Crippen LogP contribution in [0.5, 0.6) is 5.75 Å². The lowest BCUT2D eigenvalue weighted by atomic mass is 9.95. The summed E-state index contributed by atoms with van der Waals surface area (Å²) >= 11 is 7.28. The molecule has 0 aliphatic carbocycles. The molecule has 4 rings (SSSR count). The second kappa shape index (κ2) is 8.17. The van der Waals surface area contributed by atoms with Gasteiger partial charge in [0.15, 0.2) is 5.13 Å². The summed E-state index contributed by atoms with van der Waals surface area (Å²) in [5.41, 5.74) is 1.71. The molecule has 2 aromatic carbocycles. The molecule has 3 aromatic rings. The molecule has 1 aliphatic rings. The van der Waals surface area contributed by atoms with E-state index in [0.29, 0.717) is 27.0 Å². The van der Waals surface area contributed by atoms with Crippen LogP contribution in [0.4, 0.5) is 5.13 Å². The number of aliphatic hydroxyl groups is 1. The van der Waals surface area contributed by atoms with Crippen molar-refractivity contribution < 1.29 is 19.4 Å². The maximum absolute atomic E-state index is 13.1. The first-order chi connectivity index (χ1) is 14.8. The average molecular weight is 455 g/mol. The molecule has 6 nitrogen and oxygen atoms in total. The summed E-state index contributed by atoms with van der Waals surface area (Å²) in [6, 6.07) is 12.6. The van der Waals surface area contributed by atoms with Crippen molar-refractivity contribution in [3.63, 3.8) is 0 Å². The zero-order chi connectivity index (χ0) is 22.3. The molecule has 1 aromatic heterocycles. The van der Waals surface area contributed by atoms with Crippen LogP contribution < -0.4 is 9.64 Å². The van der Waals surface area contributed by atoms with Gasteiger partial charge in [0.2, 0.25) is 0 Å². The Bertz CT molecular complexity index is 1200. The van der Waals surface area contributed by atoms with E-state index in [9.17, 15) is 14.7 Å². The number of methoxy groups -OCH3 is 1. The van der Waals surface area contributed by atoms with Crippen LogP contribution in [-0.2, 0) is 9.59 Å². The number of anilines is 1. The van der Waals surface area contributed by atoms with Crippen LogP contribution in [0.15, 0.2) is 54.1 Å². The lowest BCUT2D eigenvalue weighted by molar-refractivity contribution is -0.132. The van der Waals surface area contributed by atoms with Gasteiger partial charge in [-0.25, -0.2) is 4.98 Å². The fraction of sp³-hybridized carbons (Fsp3) is 0.174. The van der Waals surface area contributed by atoms with Crippen LogP contribution in [0.25, 0.3) is 5.76 Å². The Hall–Kier alpha value is -3.16. The lowest BCUT2D eigenvalue weighted by Crippen LogP contribution is -2.29. The number of nitrogens with zero attached hydrogens (tertiary/aromatic N) is 2. The fourth-order valence-corrected chi connectivity index (χ4v) is 4.60. The lowest BCUT2D eigenvalue weighted by Gasteiger charge is -2.24. The summed E-state index contributed by atoms with van der Waals surface area (Å²) in [5, 5.41) is 12.0. The van der Waals surface area contributed by atoms with E-state index in [-0.39, 0.29) is 11.3 Å². The third-order valence-corrected chi connectivity index (χ3v) is 6.54. The first-order valence-electron chi connectivity index (χ1n) is 9.47. The van der Waals surface area contributed by atoms with E-state index in [2.05, 4.69) is 4.98 Å². The number of carbonyl (C=O) groups is 2. The summed E-state index contributed by atoms with van der Waals surface area (Å²) in [5.74, 6) is -1.32. The molecule has 1 N–H and O–H groups in total. The quantitative estimate of drug-likeness (QED) is 0.339. The monoisotopic (exact) mass is 454 g/mol. The van der Waals surface area contributed by atoms with Crippen LogP contribution in [0.2, 0.25) is 5.02 Å². The molecule has 2 heterocycles. The van der Waals surface area contributed by atoms with Gasteiger partial charge in [0.1, 0.15) is 17.6 Å². The number of hydrogen-bond acceptors (Lipinski definition) is 6. The van der Waals surface area contributed by atoms with Crippen molar-refractivity contribution in [1.29, 1.82) is 0 Å². The van der Waals surface area contributed by atoms with E-state index < -0.39 is 17.7 Å². The number of thiazole rings is 1. The zero-order valence-corrected chi connectivity index (χ0v) is 18.6. The molecule has 0 spiro atoms. The van der Waals surface area contributed by atoms with Gasteiger partial charge in [0, 0.05) is 21.0 Å². The van der Waals surface area contributed by atoms with Gasteiger partial charge in [-0.05, 0) is 44.2 Å². The van der Waals surface area contributed by atoms with E-state index in [0.717, 1.165) is 10.6 Å². The summed E-state index contributed by atoms with van der Waals surface area (Å²) in [6.07, 6.45) is 0. The highest BCUT2D eigenvalue weighted by Crippen LogP contribution is 2.46. The van der Waals surface area contributed by atoms with E-state index in [1.54, 1.807) is 48.5 Å². The SMILES string of the molecule is COc1ccccc1C1C(=C(O)c2ccc(Cl)cc2)C(=O)C(=O)N1c1nc(C)c(C)s1. The predicted octanol–water partition coefficient (Wildman–Crippen LogP) is 5.05. The van der Waals surface area contributed by atoms with Crippen molar-refractivity contribution in [2.45, 2.75) is 19.9 Å². The Kier molecular flexibility index (Phi) is 5.56. The number of halogens is 1. The van der Waals surface area contributed by atoms with Gasteiger partial charge in [-0.1, -0.05) is 29.8 Å². The number of para-hydroxylation sites is 1. The van der Waals surface area contributed by atoms with E-state index >= 15 is 0 Å². The third-order valence-electron chi connectivity index (χ3n) is 5.22. The molecule has 0 saturated carbocycles. The first kappa shape index (κ1) is 21.1. The number of aliphatic hydroxyl groups excluding tert-OH is 1. The smallest absolute Gasteiger partial charge is 0.301 e. The molecule has 1 atom stereocenters. The van der Waals surface area contributed by atoms with E-state index in [1.165, 1.54) is 23.3 Å². The second-order valence-corrected chi connectivity index (χ2v) is 8.67. The number of aromatic nitrogens is 1. The Labute approximate surface area is 188 Å². The molecule has 158 valence electrons. The van der Waals surface area contributed by atoms with Gasteiger partial charge in [0.05, 0.1) is 18.4 Å². The van der Waals surface area contributed by atoms with Gasteiger partial charge < -0.3 is 9.84 Å². The van der Waals surface area contributed by atoms with Crippen LogP contribution in [0, 0.1) is 13.8 Å². The Morgan fingerprint density at radius 3 is 2.42 bits per heavy atom. The number of rotatable bonds is 4. The second-order valence-electron chi connectivity index (χ2n) is 7.06. The largest absolute Gasteiger partial charge is 0.507 e. The number of carbonyl (C=O) groups excluding carboxylic acids is 2. The Morgan fingerprint density at radius 2 is 1.81 bits per heavy atom. The highest BCUT2D eigenvalue weighted by atomic mass is 35.5. The summed E-state index contributed by atoms with van der Waals surface area (Å²) in [7, 11) is 1.52. The highest BCUT2D eigenvalue weighted by molar-refractivity contribution is 7.16. The van der Waals surface area contributed by atoms with E-state index in [1.807, 2.05) is 13.8 Å². The fourth-order valence-electron chi connectivity index (χ4n) is 3.54. The van der Waals surface area contributed by atoms with Gasteiger partial charge >= 0.3 is 5.91 Å². The maximum atomic E-state index is 13.1. The number of aryl methyl sites for hydroxylation is 2. The van der Waals surface area contributed by atoms with Gasteiger partial charge in [-0.15, -0.1) is 11.3 Å². The number of Topliss-reactive ketones (excluding diaryl/α,β-unsaturated/α-hetero) is 1. The van der Waals surface area contributed by atoms with Crippen molar-refractivity contribution in [2.24, 2.45) is 0 Å². The van der Waals surface area contributed by atoms with Gasteiger partial charge in [-0.2, -0.15) is 0 Å². The Morgan fingerprint density at radius 1 is 1.13 bits per heavy atom. The minimum absolute atomic E-state index is 0.0256. The van der Waals surface area contributed by atoms with Crippen LogP contribution in [-0.4, -0.2) is 28.9 Å². The molecule has 8 heteroatoms. The maximum Gasteiger partial charge on any atom is 0.301 e. The molecular weight excluding hydrogens is 436 g/mol. The van der Waals surface area contributed by atoms with Crippen molar-refractivity contribution in [3.05, 3.63) is 80.8 Å². The van der Waals surface area contributed by atoms with Crippen molar-refractivity contribution >= 4 is 45.5 Å². The minimum atomic E-state index is -0.892. The van der Waals surface area contributed by atoms with Crippen LogP contribution >= 0.6 is 22.9 Å². The van der Waals surface area contributed by atoms with Crippen LogP contribution in [0.1, 0.15) is 27.7 Å². The normalized spacial score (nSPS) is 17.9. The first-order valence-corrected chi connectivity index (χ1v) is 10.7. The molecule has 1 fully saturated rings. The molecule has 0 bridgehead atoms. The predicted molar refractivity (Wildman–Crippen MR) is 121 cm³/mol. The van der Waals surface area contributed by atoms with Gasteiger partial charge in [0.25, 0.3) is 5.78 Å². The minimum Gasteiger partial charge on any atom is -0.507 e. The summed E-state index contributed by atoms with van der Waals surface area (Å²) < 4.78 is 5.50. The standard InChI is InChI=1S/C23H19ClN2O4S/c1-12-13(2)31-23(25-12)26-19(16-6-4-5-7-17(16)30-3)18(21(28)22(26)29)20(27)14-8-10-15(24)11-9-14/h4-11,19,27H,1-3H3. The third kappa shape index (κ3) is 3.60. The van der Waals surface area contributed by atoms with Crippen molar-refractivity contribution in [3.8, 4) is 5.75 Å². The number of amides is 1. The molecular formula is C23H19ClN2O4S. The average Bonchev–Trinajstić information content (AvgIpc) is 3.23. The summed E-state index contributed by atoms with van der Waals surface area (Å²) in [4.78, 5) is 33.1. The zero-order valence-electron chi connectivity index (χ0n) is 17.0. The molecule has 1 amide bonds. The highest BCUT2D eigenvalue weighted by Gasteiger charge is 2.49. The van der Waals surface area contributed by atoms with E-state index in [4.69, 9.17) is 16.3 Å². The van der Waals surface area contributed by atoms with Gasteiger partial charge in [-0.3, -0.25) is 14.5 Å². The number of ether oxygens (including phenoxy) is 1. The molecule has 1 aliphatic heterocycles. The Balaban J connectivity index is 1.99. The van der Waals surface area contributed by atoms with Crippen LogP contribution in [0.3, 0.4) is 0 Å². The number of hydrogen-bond donors (Lipinski definition) is 1. The molecule has 31 heavy (non-hydrogen) atoms. The number of ketones is 1. The summed E-state index contributed by atoms with van der Waals surface area (Å²) in [6.45, 7) is 3.75. The van der Waals surface area contributed by atoms with Crippen molar-refractivity contribution in [2.75, 3.05) is 12.0 Å². The molecule has 0 radical (unpaired) electrons.